The normalized spacial score (nSPS) is 41.7. The molecule has 3 rings (SSSR count). The molecule has 6 unspecified atom stereocenters. The summed E-state index contributed by atoms with van der Waals surface area (Å²) in [6, 6.07) is 0. The van der Waals surface area contributed by atoms with Gasteiger partial charge in [0.2, 0.25) is 0 Å². The SMILES string of the molecule is C=C1C(C)CC(=CC=C2CCCC3(C)C2CCC3C(C)CC)CC1C. The lowest BCUT2D eigenvalue weighted by atomic mass is 9.61. The highest BCUT2D eigenvalue weighted by Gasteiger charge is 2.50. The van der Waals surface area contributed by atoms with Crippen LogP contribution in [0.4, 0.5) is 0 Å². The van der Waals surface area contributed by atoms with Gasteiger partial charge >= 0.3 is 0 Å². The van der Waals surface area contributed by atoms with E-state index in [1.807, 2.05) is 0 Å². The summed E-state index contributed by atoms with van der Waals surface area (Å²) in [6.45, 7) is 16.5. The van der Waals surface area contributed by atoms with Crippen LogP contribution in [0.1, 0.15) is 86.0 Å². The minimum absolute atomic E-state index is 0.569. The summed E-state index contributed by atoms with van der Waals surface area (Å²) in [5, 5.41) is 0. The summed E-state index contributed by atoms with van der Waals surface area (Å²) in [4.78, 5) is 0. The van der Waals surface area contributed by atoms with Crippen molar-refractivity contribution < 1.29 is 0 Å². The average Bonchev–Trinajstić information content (AvgIpc) is 2.94. The van der Waals surface area contributed by atoms with Crippen LogP contribution < -0.4 is 0 Å². The first kappa shape index (κ1) is 19.0. The Balaban J connectivity index is 1.78. The van der Waals surface area contributed by atoms with Crippen molar-refractivity contribution in [3.63, 3.8) is 0 Å². The van der Waals surface area contributed by atoms with Gasteiger partial charge in [0.05, 0.1) is 0 Å². The van der Waals surface area contributed by atoms with Crippen molar-refractivity contribution in [1.29, 1.82) is 0 Å². The fraction of sp³-hybridized carbons (Fsp3) is 0.760. The lowest BCUT2D eigenvalue weighted by Crippen LogP contribution is -2.35. The van der Waals surface area contributed by atoms with Crippen LogP contribution >= 0.6 is 0 Å². The molecule has 25 heavy (non-hydrogen) atoms. The maximum Gasteiger partial charge on any atom is -0.0143 e. The summed E-state index contributed by atoms with van der Waals surface area (Å²) in [5.74, 6) is 4.00. The lowest BCUT2D eigenvalue weighted by molar-refractivity contribution is 0.0961. The molecule has 0 spiro atoms. The van der Waals surface area contributed by atoms with Crippen LogP contribution in [-0.4, -0.2) is 0 Å². The molecule has 0 bridgehead atoms. The molecule has 140 valence electrons. The van der Waals surface area contributed by atoms with Gasteiger partial charge in [0.1, 0.15) is 0 Å². The predicted molar refractivity (Wildman–Crippen MR) is 110 cm³/mol. The molecule has 0 radical (unpaired) electrons. The van der Waals surface area contributed by atoms with E-state index >= 15 is 0 Å². The number of allylic oxidation sites excluding steroid dienone is 5. The Hall–Kier alpha value is -0.780. The van der Waals surface area contributed by atoms with E-state index in [9.17, 15) is 0 Å². The zero-order chi connectivity index (χ0) is 18.2. The third kappa shape index (κ3) is 3.56. The number of fused-ring (bicyclic) bond motifs is 1. The van der Waals surface area contributed by atoms with E-state index < -0.39 is 0 Å². The molecule has 0 saturated heterocycles. The van der Waals surface area contributed by atoms with E-state index in [-0.39, 0.29) is 0 Å². The van der Waals surface area contributed by atoms with Crippen LogP contribution in [0.5, 0.6) is 0 Å². The molecule has 3 aliphatic rings. The topological polar surface area (TPSA) is 0 Å². The zero-order valence-electron chi connectivity index (χ0n) is 17.4. The maximum atomic E-state index is 4.30. The van der Waals surface area contributed by atoms with Gasteiger partial charge < -0.3 is 0 Å². The smallest absolute Gasteiger partial charge is 0.0143 e. The standard InChI is InChI=1S/C25H40/c1-7-17(2)23-12-13-24-22(9-8-14-25(23,24)6)11-10-21-15-18(3)20(5)19(4)16-21/h10-11,17-19,23-24H,5,7-9,12-16H2,1-4,6H3. The zero-order valence-corrected chi connectivity index (χ0v) is 17.4. The van der Waals surface area contributed by atoms with Gasteiger partial charge in [0.25, 0.3) is 0 Å². The quantitative estimate of drug-likeness (QED) is 0.461. The number of rotatable bonds is 3. The first-order chi connectivity index (χ1) is 11.9. The van der Waals surface area contributed by atoms with Crippen molar-refractivity contribution in [2.45, 2.75) is 86.0 Å². The van der Waals surface area contributed by atoms with Crippen LogP contribution in [0.15, 0.2) is 35.5 Å². The van der Waals surface area contributed by atoms with E-state index in [2.05, 4.69) is 53.3 Å². The molecule has 3 fully saturated rings. The van der Waals surface area contributed by atoms with Crippen molar-refractivity contribution in [1.82, 2.24) is 0 Å². The number of hydrogen-bond donors (Lipinski definition) is 0. The summed E-state index contributed by atoms with van der Waals surface area (Å²) in [5.41, 5.74) is 5.46. The van der Waals surface area contributed by atoms with Crippen molar-refractivity contribution in [2.24, 2.45) is 35.0 Å². The predicted octanol–water partition coefficient (Wildman–Crippen LogP) is 7.72. The fourth-order valence-electron chi connectivity index (χ4n) is 6.48. The van der Waals surface area contributed by atoms with Gasteiger partial charge in [-0.25, -0.2) is 0 Å². The first-order valence-electron chi connectivity index (χ1n) is 10.9. The molecular weight excluding hydrogens is 300 g/mol. The third-order valence-electron chi connectivity index (χ3n) is 8.30. The Morgan fingerprint density at radius 1 is 1.16 bits per heavy atom. The Labute approximate surface area is 156 Å². The Morgan fingerprint density at radius 3 is 2.48 bits per heavy atom. The molecule has 0 amide bonds. The van der Waals surface area contributed by atoms with Gasteiger partial charge in [-0.15, -0.1) is 0 Å². The van der Waals surface area contributed by atoms with Gasteiger partial charge in [-0.2, -0.15) is 0 Å². The molecule has 0 heteroatoms. The maximum absolute atomic E-state index is 4.30. The summed E-state index contributed by atoms with van der Waals surface area (Å²) < 4.78 is 0. The van der Waals surface area contributed by atoms with Gasteiger partial charge in [-0.05, 0) is 80.0 Å². The third-order valence-corrected chi connectivity index (χ3v) is 8.30. The molecule has 0 heterocycles. The summed E-state index contributed by atoms with van der Waals surface area (Å²) in [7, 11) is 0. The minimum atomic E-state index is 0.569. The molecular formula is C25H40. The highest BCUT2D eigenvalue weighted by atomic mass is 14.5. The largest absolute Gasteiger partial charge is 0.0993 e. The van der Waals surface area contributed by atoms with E-state index in [1.165, 1.54) is 56.9 Å². The molecule has 0 aromatic carbocycles. The molecule has 3 saturated carbocycles. The summed E-state index contributed by atoms with van der Waals surface area (Å²) >= 11 is 0. The van der Waals surface area contributed by atoms with Crippen LogP contribution in [-0.2, 0) is 0 Å². The van der Waals surface area contributed by atoms with Crippen molar-refractivity contribution in [3.8, 4) is 0 Å². The monoisotopic (exact) mass is 340 g/mol. The van der Waals surface area contributed by atoms with Gasteiger partial charge in [-0.1, -0.05) is 76.5 Å². The fourth-order valence-corrected chi connectivity index (χ4v) is 6.48. The van der Waals surface area contributed by atoms with E-state index in [1.54, 1.807) is 11.1 Å². The van der Waals surface area contributed by atoms with E-state index in [0.717, 1.165) is 17.8 Å². The van der Waals surface area contributed by atoms with Gasteiger partial charge in [0, 0.05) is 0 Å². The van der Waals surface area contributed by atoms with Crippen molar-refractivity contribution >= 4 is 0 Å². The first-order valence-corrected chi connectivity index (χ1v) is 10.9. The van der Waals surface area contributed by atoms with Crippen LogP contribution in [0.25, 0.3) is 0 Å². The van der Waals surface area contributed by atoms with Crippen LogP contribution in [0.3, 0.4) is 0 Å². The lowest BCUT2D eigenvalue weighted by Gasteiger charge is -2.44. The molecule has 0 aromatic rings. The van der Waals surface area contributed by atoms with Crippen molar-refractivity contribution in [3.05, 3.63) is 35.5 Å². The highest BCUT2D eigenvalue weighted by molar-refractivity contribution is 5.28. The number of hydrogen-bond acceptors (Lipinski definition) is 0. The molecule has 0 aliphatic heterocycles. The van der Waals surface area contributed by atoms with Crippen LogP contribution in [0, 0.1) is 35.0 Å². The van der Waals surface area contributed by atoms with Crippen molar-refractivity contribution in [2.75, 3.05) is 0 Å². The molecule has 6 atom stereocenters. The minimum Gasteiger partial charge on any atom is -0.0993 e. The second kappa shape index (κ2) is 7.45. The molecule has 3 aliphatic carbocycles. The molecule has 0 N–H and O–H groups in total. The Morgan fingerprint density at radius 2 is 1.84 bits per heavy atom. The highest BCUT2D eigenvalue weighted by Crippen LogP contribution is 2.59. The second-order valence-electron chi connectivity index (χ2n) is 9.83. The molecule has 0 aromatic heterocycles. The Bertz CT molecular complexity index is 547. The Kier molecular flexibility index (Phi) is 5.66. The second-order valence-corrected chi connectivity index (χ2v) is 9.83. The van der Waals surface area contributed by atoms with Crippen LogP contribution in [0.2, 0.25) is 0 Å². The van der Waals surface area contributed by atoms with E-state index in [0.29, 0.717) is 17.3 Å². The summed E-state index contributed by atoms with van der Waals surface area (Å²) in [6.07, 6.45) is 16.0. The molecule has 0 nitrogen and oxygen atoms in total. The van der Waals surface area contributed by atoms with Gasteiger partial charge in [-0.3, -0.25) is 0 Å². The van der Waals surface area contributed by atoms with E-state index in [4.69, 9.17) is 0 Å². The average molecular weight is 341 g/mol. The van der Waals surface area contributed by atoms with Gasteiger partial charge in [0.15, 0.2) is 0 Å².